The van der Waals surface area contributed by atoms with Crippen molar-refractivity contribution >= 4 is 10.9 Å². The van der Waals surface area contributed by atoms with Crippen molar-refractivity contribution in [1.82, 2.24) is 4.57 Å². The number of para-hydroxylation sites is 1. The van der Waals surface area contributed by atoms with Crippen molar-refractivity contribution < 1.29 is 14.9 Å². The lowest BCUT2D eigenvalue weighted by atomic mass is 10.2. The Morgan fingerprint density at radius 1 is 1.29 bits per heavy atom. The molecule has 4 heteroatoms. The molecule has 1 aliphatic rings. The minimum absolute atomic E-state index is 0.142. The van der Waals surface area contributed by atoms with Crippen LogP contribution >= 0.6 is 0 Å². The number of fused-ring (bicyclic) bond motifs is 1. The van der Waals surface area contributed by atoms with E-state index >= 15 is 0 Å². The highest BCUT2D eigenvalue weighted by Gasteiger charge is 2.34. The van der Waals surface area contributed by atoms with E-state index in [4.69, 9.17) is 9.84 Å². The van der Waals surface area contributed by atoms with Crippen LogP contribution in [-0.2, 0) is 4.74 Å². The fourth-order valence-corrected chi connectivity index (χ4v) is 2.41. The molecule has 4 nitrogen and oxygen atoms in total. The van der Waals surface area contributed by atoms with E-state index in [0.29, 0.717) is 6.42 Å². The highest BCUT2D eigenvalue weighted by Crippen LogP contribution is 2.31. The Labute approximate surface area is 99.1 Å². The first kappa shape index (κ1) is 10.8. The third kappa shape index (κ3) is 1.74. The summed E-state index contributed by atoms with van der Waals surface area (Å²) in [4.78, 5) is 0. The second-order valence-electron chi connectivity index (χ2n) is 4.40. The molecule has 0 bridgehead atoms. The lowest BCUT2D eigenvalue weighted by Gasteiger charge is -2.14. The first-order chi connectivity index (χ1) is 8.29. The van der Waals surface area contributed by atoms with Crippen LogP contribution in [0.3, 0.4) is 0 Å². The molecule has 2 heterocycles. The third-order valence-electron chi connectivity index (χ3n) is 3.32. The first-order valence-electron chi connectivity index (χ1n) is 5.79. The van der Waals surface area contributed by atoms with Gasteiger partial charge in [-0.2, -0.15) is 0 Å². The van der Waals surface area contributed by atoms with E-state index in [1.165, 1.54) is 0 Å². The highest BCUT2D eigenvalue weighted by molar-refractivity contribution is 5.80. The predicted octanol–water partition coefficient (Wildman–Crippen LogP) is 1.28. The van der Waals surface area contributed by atoms with E-state index in [-0.39, 0.29) is 12.8 Å². The minimum Gasteiger partial charge on any atom is -0.394 e. The number of ether oxygens (including phenoxy) is 1. The Bertz CT molecular complexity index is 522. The van der Waals surface area contributed by atoms with E-state index in [2.05, 4.69) is 0 Å². The van der Waals surface area contributed by atoms with Crippen LogP contribution in [0, 0.1) is 0 Å². The molecule has 0 radical (unpaired) electrons. The van der Waals surface area contributed by atoms with Crippen molar-refractivity contribution in [1.29, 1.82) is 0 Å². The van der Waals surface area contributed by atoms with Gasteiger partial charge in [0.2, 0.25) is 0 Å². The third-order valence-corrected chi connectivity index (χ3v) is 3.32. The zero-order valence-electron chi connectivity index (χ0n) is 9.36. The number of benzene rings is 1. The zero-order valence-corrected chi connectivity index (χ0v) is 9.36. The number of nitrogens with zero attached hydrogens (tertiary/aromatic N) is 1. The van der Waals surface area contributed by atoms with E-state index in [9.17, 15) is 5.11 Å². The van der Waals surface area contributed by atoms with Crippen LogP contribution in [0.1, 0.15) is 12.6 Å². The minimum atomic E-state index is -0.592. The van der Waals surface area contributed by atoms with Gasteiger partial charge < -0.3 is 19.5 Å². The molecule has 0 amide bonds. The molecule has 0 aliphatic carbocycles. The second-order valence-corrected chi connectivity index (χ2v) is 4.40. The summed E-state index contributed by atoms with van der Waals surface area (Å²) in [6.45, 7) is -0.142. The Morgan fingerprint density at radius 3 is 2.88 bits per heavy atom. The summed E-state index contributed by atoms with van der Waals surface area (Å²) < 4.78 is 7.65. The standard InChI is InChI=1S/C13H15NO3/c15-8-12-11(16)7-13(17-12)14-6-5-9-3-1-2-4-10(9)14/h1-6,11-13,15-16H,7-8H2/t11-,12-,13-/m1/s1. The normalized spacial score (nSPS) is 28.9. The molecule has 1 fully saturated rings. The van der Waals surface area contributed by atoms with E-state index < -0.39 is 12.2 Å². The number of aromatic nitrogens is 1. The number of aliphatic hydroxyl groups is 2. The van der Waals surface area contributed by atoms with Gasteiger partial charge >= 0.3 is 0 Å². The van der Waals surface area contributed by atoms with Gasteiger partial charge in [0.15, 0.2) is 0 Å². The number of aliphatic hydroxyl groups excluding tert-OH is 2. The van der Waals surface area contributed by atoms with Crippen LogP contribution < -0.4 is 0 Å². The zero-order chi connectivity index (χ0) is 11.8. The largest absolute Gasteiger partial charge is 0.394 e. The lowest BCUT2D eigenvalue weighted by Crippen LogP contribution is -2.24. The Hall–Kier alpha value is -1.36. The summed E-state index contributed by atoms with van der Waals surface area (Å²) in [5, 5.41) is 20.0. The molecule has 3 atom stereocenters. The molecule has 0 unspecified atom stereocenters. The first-order valence-corrected chi connectivity index (χ1v) is 5.79. The highest BCUT2D eigenvalue weighted by atomic mass is 16.5. The molecular formula is C13H15NO3. The van der Waals surface area contributed by atoms with Gasteiger partial charge in [-0.25, -0.2) is 0 Å². The monoisotopic (exact) mass is 233 g/mol. The average Bonchev–Trinajstić information content (AvgIpc) is 2.92. The van der Waals surface area contributed by atoms with Crippen LogP contribution in [0.25, 0.3) is 10.9 Å². The van der Waals surface area contributed by atoms with Gasteiger partial charge in [0.25, 0.3) is 0 Å². The number of hydrogen-bond donors (Lipinski definition) is 2. The summed E-state index contributed by atoms with van der Waals surface area (Å²) in [5.74, 6) is 0. The number of hydrogen-bond acceptors (Lipinski definition) is 3. The van der Waals surface area contributed by atoms with Gasteiger partial charge in [0.1, 0.15) is 12.3 Å². The molecule has 1 aliphatic heterocycles. The molecule has 0 spiro atoms. The molecule has 1 saturated heterocycles. The van der Waals surface area contributed by atoms with Gasteiger partial charge in [-0.05, 0) is 17.5 Å². The predicted molar refractivity (Wildman–Crippen MR) is 63.6 cm³/mol. The van der Waals surface area contributed by atoms with E-state index in [1.54, 1.807) is 0 Å². The van der Waals surface area contributed by atoms with Crippen LogP contribution in [0.4, 0.5) is 0 Å². The number of rotatable bonds is 2. The Morgan fingerprint density at radius 2 is 2.12 bits per heavy atom. The quantitative estimate of drug-likeness (QED) is 0.821. The summed E-state index contributed by atoms with van der Waals surface area (Å²) in [6.07, 6.45) is 1.22. The van der Waals surface area contributed by atoms with E-state index in [1.807, 2.05) is 41.1 Å². The fourth-order valence-electron chi connectivity index (χ4n) is 2.41. The SMILES string of the molecule is OC[C@H]1O[C@@H](n2ccc3ccccc32)C[C@H]1O. The van der Waals surface area contributed by atoms with Crippen LogP contribution in [-0.4, -0.2) is 33.6 Å². The Balaban J connectivity index is 1.95. The topological polar surface area (TPSA) is 54.6 Å². The van der Waals surface area contributed by atoms with Gasteiger partial charge in [-0.1, -0.05) is 18.2 Å². The van der Waals surface area contributed by atoms with Crippen molar-refractivity contribution in [3.8, 4) is 0 Å². The molecule has 17 heavy (non-hydrogen) atoms. The summed E-state index contributed by atoms with van der Waals surface area (Å²) in [7, 11) is 0. The average molecular weight is 233 g/mol. The molecule has 3 rings (SSSR count). The van der Waals surface area contributed by atoms with Crippen molar-refractivity contribution in [2.75, 3.05) is 6.61 Å². The lowest BCUT2D eigenvalue weighted by molar-refractivity contribution is -0.0428. The van der Waals surface area contributed by atoms with Crippen molar-refractivity contribution in [2.24, 2.45) is 0 Å². The molecule has 1 aromatic heterocycles. The van der Waals surface area contributed by atoms with E-state index in [0.717, 1.165) is 10.9 Å². The maximum absolute atomic E-state index is 9.73. The van der Waals surface area contributed by atoms with Crippen LogP contribution in [0.2, 0.25) is 0 Å². The molecule has 90 valence electrons. The smallest absolute Gasteiger partial charge is 0.137 e. The molecule has 1 aromatic carbocycles. The Kier molecular flexibility index (Phi) is 2.63. The molecule has 0 saturated carbocycles. The fraction of sp³-hybridized carbons (Fsp3) is 0.385. The van der Waals surface area contributed by atoms with Gasteiger partial charge in [-0.15, -0.1) is 0 Å². The van der Waals surface area contributed by atoms with Crippen LogP contribution in [0.15, 0.2) is 36.5 Å². The van der Waals surface area contributed by atoms with Crippen molar-refractivity contribution in [2.45, 2.75) is 24.9 Å². The molecule has 2 N–H and O–H groups in total. The van der Waals surface area contributed by atoms with Crippen LogP contribution in [0.5, 0.6) is 0 Å². The van der Waals surface area contributed by atoms with Gasteiger partial charge in [-0.3, -0.25) is 0 Å². The molecule has 2 aromatic rings. The second kappa shape index (κ2) is 4.14. The maximum Gasteiger partial charge on any atom is 0.137 e. The van der Waals surface area contributed by atoms with Gasteiger partial charge in [0, 0.05) is 12.6 Å². The summed E-state index contributed by atoms with van der Waals surface area (Å²) in [5.41, 5.74) is 1.09. The summed E-state index contributed by atoms with van der Waals surface area (Å²) in [6, 6.07) is 10.1. The van der Waals surface area contributed by atoms with Gasteiger partial charge in [0.05, 0.1) is 18.2 Å². The molecular weight excluding hydrogens is 218 g/mol. The maximum atomic E-state index is 9.73. The van der Waals surface area contributed by atoms with Crippen molar-refractivity contribution in [3.05, 3.63) is 36.5 Å². The summed E-state index contributed by atoms with van der Waals surface area (Å²) >= 11 is 0. The van der Waals surface area contributed by atoms with Crippen molar-refractivity contribution in [3.63, 3.8) is 0 Å².